The molecule has 1 unspecified atom stereocenters. The quantitative estimate of drug-likeness (QED) is 0.361. The number of aliphatic hydroxyl groups is 1. The van der Waals surface area contributed by atoms with Gasteiger partial charge < -0.3 is 24.8 Å². The summed E-state index contributed by atoms with van der Waals surface area (Å²) in [6.07, 6.45) is -0.497. The Morgan fingerprint density at radius 1 is 1.34 bits per heavy atom. The number of carboxylic acid groups (broad SMARTS) is 1. The van der Waals surface area contributed by atoms with Gasteiger partial charge in [-0.1, -0.05) is 18.5 Å². The molecule has 1 amide bonds. The number of carbonyl (C=O) groups is 2. The molecule has 4 heterocycles. The summed E-state index contributed by atoms with van der Waals surface area (Å²) in [5.41, 5.74) is 0.731. The van der Waals surface area contributed by atoms with Crippen molar-refractivity contribution in [3.63, 3.8) is 0 Å². The van der Waals surface area contributed by atoms with Crippen LogP contribution in [-0.4, -0.2) is 31.8 Å². The first-order chi connectivity index (χ1) is 16.7. The van der Waals surface area contributed by atoms with Crippen LogP contribution in [0.3, 0.4) is 0 Å². The number of amides is 1. The van der Waals surface area contributed by atoms with Crippen molar-refractivity contribution in [3.8, 4) is 11.4 Å². The second-order valence-electron chi connectivity index (χ2n) is 9.04. The molecule has 3 aromatic rings. The molecule has 11 heteroatoms. The molecular weight excluding hydrogens is 481 g/mol. The number of benzene rings is 1. The molecule has 9 nitrogen and oxygen atoms in total. The van der Waals surface area contributed by atoms with Crippen LogP contribution in [0.25, 0.3) is 22.3 Å². The number of hydrogen-bond donors (Lipinski definition) is 3. The first-order valence-corrected chi connectivity index (χ1v) is 11.5. The van der Waals surface area contributed by atoms with E-state index in [2.05, 4.69) is 10.3 Å². The Bertz CT molecular complexity index is 1570. The Kier molecular flexibility index (Phi) is 4.56. The zero-order valence-corrected chi connectivity index (χ0v) is 19.2. The fourth-order valence-electron chi connectivity index (χ4n) is 5.65. The van der Waals surface area contributed by atoms with Gasteiger partial charge in [-0.05, 0) is 36.5 Å². The standard InChI is InChI=1S/C24H19ClFN3O6/c1-2-24(34)12-5-16-20-10(7-29(16)21(30)11(12)8-35-22(24)31)18-14(28-23(32)33)4-3-9-17(18)15(27-20)6-13(26)19(9)25/h5-6,14,28,34H,2-4,7-8H2,1H3,(H,32,33)/t14?,24-/m0/s1. The molecule has 3 N–H and O–H groups in total. The molecule has 6 rings (SSSR count). The van der Waals surface area contributed by atoms with E-state index in [-0.39, 0.29) is 41.2 Å². The maximum atomic E-state index is 14.7. The third kappa shape index (κ3) is 2.83. The SMILES string of the molecule is CC[C@@]1(O)C(=O)OCc2c1cc1n(c2=O)Cc2c-1nc1cc(F)c(Cl)c3c1c2C(NC(=O)O)CC3. The number of carbonyl (C=O) groups excluding carboxylic acids is 1. The predicted molar refractivity (Wildman–Crippen MR) is 122 cm³/mol. The molecular formula is C24H19ClFN3O6. The van der Waals surface area contributed by atoms with Gasteiger partial charge in [-0.15, -0.1) is 0 Å². The van der Waals surface area contributed by atoms with Crippen molar-refractivity contribution in [1.82, 2.24) is 14.9 Å². The highest BCUT2D eigenvalue weighted by molar-refractivity contribution is 6.32. The summed E-state index contributed by atoms with van der Waals surface area (Å²) < 4.78 is 21.2. The summed E-state index contributed by atoms with van der Waals surface area (Å²) in [5, 5.41) is 23.6. The smallest absolute Gasteiger partial charge is 0.405 e. The van der Waals surface area contributed by atoms with E-state index in [4.69, 9.17) is 16.3 Å². The summed E-state index contributed by atoms with van der Waals surface area (Å²) in [5.74, 6) is -1.47. The molecule has 0 radical (unpaired) electrons. The van der Waals surface area contributed by atoms with Gasteiger partial charge in [0.05, 0.1) is 40.1 Å². The monoisotopic (exact) mass is 499 g/mol. The van der Waals surface area contributed by atoms with Gasteiger partial charge in [-0.25, -0.2) is 19.0 Å². The number of aromatic nitrogens is 2. The van der Waals surface area contributed by atoms with E-state index < -0.39 is 35.1 Å². The van der Waals surface area contributed by atoms with E-state index in [1.54, 1.807) is 13.0 Å². The maximum Gasteiger partial charge on any atom is 0.405 e. The average molecular weight is 500 g/mol. The first kappa shape index (κ1) is 22.0. The Hall–Kier alpha value is -3.50. The molecule has 180 valence electrons. The molecule has 2 atom stereocenters. The summed E-state index contributed by atoms with van der Waals surface area (Å²) in [4.78, 5) is 42.1. The lowest BCUT2D eigenvalue weighted by Gasteiger charge is -2.31. The molecule has 3 aliphatic rings. The number of nitrogens with zero attached hydrogens (tertiary/aromatic N) is 2. The van der Waals surface area contributed by atoms with Crippen LogP contribution in [-0.2, 0) is 34.7 Å². The topological polar surface area (TPSA) is 131 Å². The molecule has 1 aromatic carbocycles. The molecule has 0 fully saturated rings. The van der Waals surface area contributed by atoms with Gasteiger partial charge in [0.1, 0.15) is 12.4 Å². The van der Waals surface area contributed by atoms with E-state index >= 15 is 0 Å². The number of fused-ring (bicyclic) bond motifs is 5. The zero-order valence-electron chi connectivity index (χ0n) is 18.4. The first-order valence-electron chi connectivity index (χ1n) is 11.2. The number of rotatable bonds is 2. The lowest BCUT2D eigenvalue weighted by molar-refractivity contribution is -0.172. The van der Waals surface area contributed by atoms with E-state index in [0.29, 0.717) is 46.3 Å². The number of nitrogens with one attached hydrogen (secondary N) is 1. The molecule has 2 aliphatic heterocycles. The van der Waals surface area contributed by atoms with Gasteiger partial charge >= 0.3 is 12.1 Å². The number of pyridine rings is 2. The number of aryl methyl sites for hydroxylation is 1. The largest absolute Gasteiger partial charge is 0.465 e. The van der Waals surface area contributed by atoms with Crippen molar-refractivity contribution in [2.24, 2.45) is 0 Å². The predicted octanol–water partition coefficient (Wildman–Crippen LogP) is 3.13. The van der Waals surface area contributed by atoms with Crippen molar-refractivity contribution < 1.29 is 28.9 Å². The van der Waals surface area contributed by atoms with Crippen LogP contribution >= 0.6 is 11.6 Å². The van der Waals surface area contributed by atoms with E-state index in [9.17, 15) is 29.0 Å². The molecule has 0 bridgehead atoms. The van der Waals surface area contributed by atoms with Crippen molar-refractivity contribution >= 4 is 34.6 Å². The zero-order chi connectivity index (χ0) is 24.8. The lowest BCUT2D eigenvalue weighted by Crippen LogP contribution is -2.44. The number of ether oxygens (including phenoxy) is 1. The van der Waals surface area contributed by atoms with Gasteiger partial charge in [0.25, 0.3) is 5.56 Å². The highest BCUT2D eigenvalue weighted by atomic mass is 35.5. The van der Waals surface area contributed by atoms with Crippen LogP contribution < -0.4 is 10.9 Å². The minimum absolute atomic E-state index is 0.00264. The number of halogens is 2. The van der Waals surface area contributed by atoms with Crippen molar-refractivity contribution in [1.29, 1.82) is 0 Å². The lowest BCUT2D eigenvalue weighted by atomic mass is 9.83. The average Bonchev–Trinajstić information content (AvgIpc) is 3.19. The van der Waals surface area contributed by atoms with Crippen LogP contribution in [0, 0.1) is 5.82 Å². The van der Waals surface area contributed by atoms with Crippen LogP contribution in [0.5, 0.6) is 0 Å². The van der Waals surface area contributed by atoms with Crippen molar-refractivity contribution in [2.75, 3.05) is 0 Å². The van der Waals surface area contributed by atoms with E-state index in [1.807, 2.05) is 0 Å². The van der Waals surface area contributed by atoms with Crippen molar-refractivity contribution in [2.45, 2.75) is 51.0 Å². The molecule has 35 heavy (non-hydrogen) atoms. The molecule has 0 spiro atoms. The fourth-order valence-corrected chi connectivity index (χ4v) is 5.89. The summed E-state index contributed by atoms with van der Waals surface area (Å²) >= 11 is 6.28. The van der Waals surface area contributed by atoms with Crippen LogP contribution in [0.1, 0.15) is 53.6 Å². The second kappa shape index (κ2) is 7.25. The van der Waals surface area contributed by atoms with Gasteiger partial charge in [0.2, 0.25) is 0 Å². The van der Waals surface area contributed by atoms with Gasteiger partial charge in [-0.3, -0.25) is 4.79 Å². The highest BCUT2D eigenvalue weighted by Crippen LogP contribution is 2.46. The molecule has 2 aromatic heterocycles. The Morgan fingerprint density at radius 3 is 2.83 bits per heavy atom. The van der Waals surface area contributed by atoms with Gasteiger partial charge in [0.15, 0.2) is 5.60 Å². The van der Waals surface area contributed by atoms with Crippen molar-refractivity contribution in [3.05, 3.63) is 61.1 Å². The van der Waals surface area contributed by atoms with E-state index in [1.165, 1.54) is 10.6 Å². The minimum Gasteiger partial charge on any atom is -0.465 e. The highest BCUT2D eigenvalue weighted by Gasteiger charge is 2.46. The van der Waals surface area contributed by atoms with Crippen LogP contribution in [0.15, 0.2) is 16.9 Å². The molecule has 0 saturated carbocycles. The number of cyclic esters (lactones) is 1. The van der Waals surface area contributed by atoms with E-state index in [0.717, 1.165) is 0 Å². The number of hydrogen-bond acceptors (Lipinski definition) is 6. The van der Waals surface area contributed by atoms with Crippen LogP contribution in [0.2, 0.25) is 5.02 Å². The Balaban J connectivity index is 1.68. The fraction of sp³-hybridized carbons (Fsp3) is 0.333. The molecule has 1 aliphatic carbocycles. The number of esters is 1. The summed E-state index contributed by atoms with van der Waals surface area (Å²) in [6.45, 7) is 1.45. The third-order valence-electron chi connectivity index (χ3n) is 7.34. The second-order valence-corrected chi connectivity index (χ2v) is 9.42. The Labute approximate surface area is 202 Å². The third-order valence-corrected chi connectivity index (χ3v) is 7.75. The normalized spacial score (nSPS) is 21.8. The minimum atomic E-state index is -1.98. The van der Waals surface area contributed by atoms with Gasteiger partial charge in [0, 0.05) is 22.6 Å². The molecule has 0 saturated heterocycles. The maximum absolute atomic E-state index is 14.7. The Morgan fingerprint density at radius 2 is 2.11 bits per heavy atom. The summed E-state index contributed by atoms with van der Waals surface area (Å²) in [7, 11) is 0. The summed E-state index contributed by atoms with van der Waals surface area (Å²) in [6, 6.07) is 2.15. The van der Waals surface area contributed by atoms with Gasteiger partial charge in [-0.2, -0.15) is 0 Å². The van der Waals surface area contributed by atoms with Crippen LogP contribution in [0.4, 0.5) is 9.18 Å².